The summed E-state index contributed by atoms with van der Waals surface area (Å²) in [5.74, 6) is 1.73. The van der Waals surface area contributed by atoms with Crippen LogP contribution >= 0.6 is 0 Å². The normalized spacial score (nSPS) is 12.6. The highest BCUT2D eigenvalue weighted by atomic mass is 16.7. The fourth-order valence-electron chi connectivity index (χ4n) is 2.74. The average Bonchev–Trinajstić information content (AvgIpc) is 3.44. The Morgan fingerprint density at radius 2 is 1.97 bits per heavy atom. The summed E-state index contributed by atoms with van der Waals surface area (Å²) in [7, 11) is 1.61. The molecule has 0 fully saturated rings. The summed E-state index contributed by atoms with van der Waals surface area (Å²) >= 11 is 0. The number of carbonyl (C=O) groups excluding carboxylic acids is 1. The van der Waals surface area contributed by atoms with Crippen molar-refractivity contribution >= 4 is 12.0 Å². The molecule has 1 aromatic heterocycles. The van der Waals surface area contributed by atoms with Gasteiger partial charge in [0, 0.05) is 6.08 Å². The Bertz CT molecular complexity index is 1090. The monoisotopic (exact) mass is 405 g/mol. The minimum atomic E-state index is -0.468. The van der Waals surface area contributed by atoms with Gasteiger partial charge in [0.15, 0.2) is 11.5 Å². The molecule has 4 rings (SSSR count). The Morgan fingerprint density at radius 1 is 1.13 bits per heavy atom. The number of benzene rings is 2. The first-order valence-electron chi connectivity index (χ1n) is 9.18. The van der Waals surface area contributed by atoms with Gasteiger partial charge in [0.05, 0.1) is 19.0 Å². The molecule has 8 heteroatoms. The zero-order valence-corrected chi connectivity index (χ0v) is 16.2. The lowest BCUT2D eigenvalue weighted by Gasteiger charge is -2.02. The number of methoxy groups -OCH3 is 1. The van der Waals surface area contributed by atoms with Gasteiger partial charge in [-0.2, -0.15) is 0 Å². The summed E-state index contributed by atoms with van der Waals surface area (Å²) in [6, 6.07) is 13.0. The number of esters is 1. The fraction of sp³-hybridized carbons (Fsp3) is 0.136. The molecule has 0 atom stereocenters. The summed E-state index contributed by atoms with van der Waals surface area (Å²) < 4.78 is 22.5. The molecule has 0 aliphatic carbocycles. The van der Waals surface area contributed by atoms with Crippen LogP contribution in [0.1, 0.15) is 11.3 Å². The average molecular weight is 405 g/mol. The molecule has 2 heterocycles. The van der Waals surface area contributed by atoms with Gasteiger partial charge in [-0.3, -0.25) is 0 Å². The van der Waals surface area contributed by atoms with Crippen molar-refractivity contribution in [3.8, 4) is 22.9 Å². The topological polar surface area (TPSA) is 84.7 Å². The highest BCUT2D eigenvalue weighted by molar-refractivity contribution is 5.82. The molecule has 3 aromatic rings. The first-order valence-corrected chi connectivity index (χ1v) is 9.18. The van der Waals surface area contributed by atoms with Crippen molar-refractivity contribution < 1.29 is 23.7 Å². The van der Waals surface area contributed by atoms with Crippen molar-refractivity contribution in [3.63, 3.8) is 0 Å². The minimum Gasteiger partial charge on any atom is -0.497 e. The van der Waals surface area contributed by atoms with Crippen LogP contribution in [0.5, 0.6) is 17.2 Å². The molecule has 1 aliphatic heterocycles. The molecule has 30 heavy (non-hydrogen) atoms. The van der Waals surface area contributed by atoms with Crippen LogP contribution in [0.25, 0.3) is 11.8 Å². The zero-order chi connectivity index (χ0) is 20.8. The fourth-order valence-corrected chi connectivity index (χ4v) is 2.74. The number of rotatable bonds is 7. The zero-order valence-electron chi connectivity index (χ0n) is 16.2. The molecule has 0 unspecified atom stereocenters. The third-order valence-electron chi connectivity index (χ3n) is 4.27. The number of aromatic nitrogens is 3. The molecule has 0 saturated carbocycles. The van der Waals surface area contributed by atoms with E-state index in [0.29, 0.717) is 11.4 Å². The van der Waals surface area contributed by atoms with E-state index >= 15 is 0 Å². The van der Waals surface area contributed by atoms with E-state index < -0.39 is 5.97 Å². The summed E-state index contributed by atoms with van der Waals surface area (Å²) in [4.78, 5) is 11.9. The third-order valence-corrected chi connectivity index (χ3v) is 4.27. The second-order valence-corrected chi connectivity index (χ2v) is 6.29. The van der Waals surface area contributed by atoms with Gasteiger partial charge in [-0.15, -0.1) is 5.10 Å². The van der Waals surface area contributed by atoms with Crippen molar-refractivity contribution in [1.29, 1.82) is 0 Å². The molecule has 0 spiro atoms. The molecule has 1 aliphatic rings. The van der Waals surface area contributed by atoms with Gasteiger partial charge in [0.1, 0.15) is 18.1 Å². The van der Waals surface area contributed by atoms with Crippen LogP contribution in [0.2, 0.25) is 0 Å². The maximum Gasteiger partial charge on any atom is 0.331 e. The summed E-state index contributed by atoms with van der Waals surface area (Å²) in [6.07, 6.45) is 8.27. The lowest BCUT2D eigenvalue weighted by Crippen LogP contribution is -2.00. The first kappa shape index (κ1) is 19.3. The first-order chi connectivity index (χ1) is 14.7. The van der Waals surface area contributed by atoms with E-state index in [0.717, 1.165) is 22.7 Å². The smallest absolute Gasteiger partial charge is 0.331 e. The summed E-state index contributed by atoms with van der Waals surface area (Å²) in [5, 5.41) is 8.06. The molecule has 2 aromatic carbocycles. The number of nitrogens with zero attached hydrogens (tertiary/aromatic N) is 3. The van der Waals surface area contributed by atoms with Crippen LogP contribution in [0.15, 0.2) is 66.9 Å². The highest BCUT2D eigenvalue weighted by Gasteiger charge is 2.12. The lowest BCUT2D eigenvalue weighted by molar-refractivity contribution is -0.139. The van der Waals surface area contributed by atoms with Crippen LogP contribution in [-0.2, 0) is 16.1 Å². The van der Waals surface area contributed by atoms with Crippen LogP contribution in [0, 0.1) is 0 Å². The summed E-state index contributed by atoms with van der Waals surface area (Å²) in [6.45, 7) is 0.271. The van der Waals surface area contributed by atoms with Crippen LogP contribution < -0.4 is 14.2 Å². The molecule has 0 radical (unpaired) electrons. The molecule has 8 nitrogen and oxygen atoms in total. The quantitative estimate of drug-likeness (QED) is 0.339. The Hall–Kier alpha value is -4.07. The SMILES string of the molecule is COc1ccc(-n2cc(COC(=O)/C=C/C=C/c3ccc4c(c3)OCO4)nn2)cc1. The molecule has 0 N–H and O–H groups in total. The van der Waals surface area contributed by atoms with Crippen molar-refractivity contribution in [2.24, 2.45) is 0 Å². The Labute approximate surface area is 172 Å². The van der Waals surface area contributed by atoms with Crippen molar-refractivity contribution in [3.05, 3.63) is 78.1 Å². The molecular weight excluding hydrogens is 386 g/mol. The maximum absolute atomic E-state index is 11.9. The number of hydrogen-bond acceptors (Lipinski definition) is 7. The minimum absolute atomic E-state index is 0.0329. The van der Waals surface area contributed by atoms with E-state index in [9.17, 15) is 4.79 Å². The largest absolute Gasteiger partial charge is 0.497 e. The highest BCUT2D eigenvalue weighted by Crippen LogP contribution is 2.32. The van der Waals surface area contributed by atoms with Crippen molar-refractivity contribution in [2.75, 3.05) is 13.9 Å². The van der Waals surface area contributed by atoms with Gasteiger partial charge < -0.3 is 18.9 Å². The Morgan fingerprint density at radius 3 is 2.80 bits per heavy atom. The second kappa shape index (κ2) is 8.95. The van der Waals surface area contributed by atoms with Gasteiger partial charge >= 0.3 is 5.97 Å². The van der Waals surface area contributed by atoms with E-state index in [1.54, 1.807) is 30.1 Å². The molecule has 0 saturated heterocycles. The predicted octanol–water partition coefficient (Wildman–Crippen LogP) is 3.32. The van der Waals surface area contributed by atoms with Gasteiger partial charge in [0.25, 0.3) is 0 Å². The second-order valence-electron chi connectivity index (χ2n) is 6.29. The van der Waals surface area contributed by atoms with Gasteiger partial charge in [0.2, 0.25) is 6.79 Å². The van der Waals surface area contributed by atoms with E-state index in [-0.39, 0.29) is 13.4 Å². The molecular formula is C22H19N3O5. The van der Waals surface area contributed by atoms with E-state index in [1.165, 1.54) is 6.08 Å². The van der Waals surface area contributed by atoms with E-state index in [2.05, 4.69) is 10.3 Å². The van der Waals surface area contributed by atoms with Crippen LogP contribution in [0.3, 0.4) is 0 Å². The van der Waals surface area contributed by atoms with Crippen molar-refractivity contribution in [2.45, 2.75) is 6.61 Å². The number of fused-ring (bicyclic) bond motifs is 1. The Kier molecular flexibility index (Phi) is 5.75. The molecule has 152 valence electrons. The molecule has 0 bridgehead atoms. The van der Waals surface area contributed by atoms with Gasteiger partial charge in [-0.1, -0.05) is 29.5 Å². The van der Waals surface area contributed by atoms with E-state index in [4.69, 9.17) is 18.9 Å². The number of carbonyl (C=O) groups is 1. The molecule has 0 amide bonds. The standard InChI is InChI=1S/C22H19N3O5/c1-27-19-9-7-18(8-10-19)25-13-17(23-24-25)14-28-22(26)5-3-2-4-16-6-11-20-21(12-16)30-15-29-20/h2-13H,14-15H2,1H3/b4-2+,5-3+. The summed E-state index contributed by atoms with van der Waals surface area (Å²) in [5.41, 5.74) is 2.31. The van der Waals surface area contributed by atoms with E-state index in [1.807, 2.05) is 48.5 Å². The van der Waals surface area contributed by atoms with Gasteiger partial charge in [-0.05, 0) is 42.0 Å². The van der Waals surface area contributed by atoms with Crippen molar-refractivity contribution in [1.82, 2.24) is 15.0 Å². The third kappa shape index (κ3) is 4.67. The number of allylic oxidation sites excluding steroid dienone is 2. The Balaban J connectivity index is 1.27. The number of ether oxygens (including phenoxy) is 4. The van der Waals surface area contributed by atoms with Crippen LogP contribution in [0.4, 0.5) is 0 Å². The van der Waals surface area contributed by atoms with Gasteiger partial charge in [-0.25, -0.2) is 9.48 Å². The van der Waals surface area contributed by atoms with Crippen LogP contribution in [-0.4, -0.2) is 34.9 Å². The predicted molar refractivity (Wildman–Crippen MR) is 108 cm³/mol. The number of hydrogen-bond donors (Lipinski definition) is 0. The maximum atomic E-state index is 11.9. The lowest BCUT2D eigenvalue weighted by atomic mass is 10.2.